The fourth-order valence-corrected chi connectivity index (χ4v) is 3.94. The summed E-state index contributed by atoms with van der Waals surface area (Å²) in [6.45, 7) is 0.860. The molecule has 110 valence electrons. The Labute approximate surface area is 130 Å². The van der Waals surface area contributed by atoms with Crippen LogP contribution < -0.4 is 4.74 Å². The SMILES string of the molecule is COc1ccc(S[C@H]2CCCO[C@@H]2c2ccccc2)cc1. The van der Waals surface area contributed by atoms with Crippen LogP contribution in [0.15, 0.2) is 59.5 Å². The van der Waals surface area contributed by atoms with Crippen molar-refractivity contribution >= 4 is 11.8 Å². The number of methoxy groups -OCH3 is 1. The van der Waals surface area contributed by atoms with Gasteiger partial charge in [0.1, 0.15) is 5.75 Å². The van der Waals surface area contributed by atoms with Crippen molar-refractivity contribution in [2.24, 2.45) is 0 Å². The van der Waals surface area contributed by atoms with Gasteiger partial charge in [0.05, 0.1) is 13.2 Å². The topological polar surface area (TPSA) is 18.5 Å². The molecule has 1 heterocycles. The van der Waals surface area contributed by atoms with Gasteiger partial charge in [-0.05, 0) is 42.7 Å². The first-order chi connectivity index (χ1) is 10.4. The van der Waals surface area contributed by atoms with Crippen molar-refractivity contribution in [3.63, 3.8) is 0 Å². The van der Waals surface area contributed by atoms with Gasteiger partial charge in [0, 0.05) is 16.8 Å². The quantitative estimate of drug-likeness (QED) is 0.815. The number of ether oxygens (including phenoxy) is 2. The van der Waals surface area contributed by atoms with Gasteiger partial charge < -0.3 is 9.47 Å². The molecule has 1 aliphatic heterocycles. The van der Waals surface area contributed by atoms with E-state index in [1.54, 1.807) is 7.11 Å². The van der Waals surface area contributed by atoms with Gasteiger partial charge in [-0.2, -0.15) is 0 Å². The van der Waals surface area contributed by atoms with Crippen LogP contribution in [0, 0.1) is 0 Å². The van der Waals surface area contributed by atoms with Crippen LogP contribution in [0.5, 0.6) is 5.75 Å². The zero-order chi connectivity index (χ0) is 14.5. The minimum absolute atomic E-state index is 0.187. The van der Waals surface area contributed by atoms with Gasteiger partial charge in [-0.15, -0.1) is 11.8 Å². The molecule has 0 spiro atoms. The van der Waals surface area contributed by atoms with E-state index in [2.05, 4.69) is 42.5 Å². The highest BCUT2D eigenvalue weighted by atomic mass is 32.2. The molecule has 0 radical (unpaired) electrons. The van der Waals surface area contributed by atoms with Gasteiger partial charge in [-0.25, -0.2) is 0 Å². The molecule has 0 unspecified atom stereocenters. The lowest BCUT2D eigenvalue weighted by Crippen LogP contribution is -2.24. The number of benzene rings is 2. The molecule has 0 N–H and O–H groups in total. The van der Waals surface area contributed by atoms with E-state index in [0.717, 1.165) is 18.8 Å². The maximum absolute atomic E-state index is 6.05. The van der Waals surface area contributed by atoms with E-state index in [9.17, 15) is 0 Å². The first-order valence-electron chi connectivity index (χ1n) is 7.34. The summed E-state index contributed by atoms with van der Waals surface area (Å²) in [7, 11) is 1.70. The zero-order valence-corrected chi connectivity index (χ0v) is 13.0. The highest BCUT2D eigenvalue weighted by molar-refractivity contribution is 8.00. The summed E-state index contributed by atoms with van der Waals surface area (Å²) in [5, 5.41) is 0.467. The summed E-state index contributed by atoms with van der Waals surface area (Å²) in [4.78, 5) is 1.27. The average Bonchev–Trinajstić information content (AvgIpc) is 2.57. The molecule has 2 aromatic carbocycles. The molecule has 0 aromatic heterocycles. The lowest BCUT2D eigenvalue weighted by Gasteiger charge is -2.31. The van der Waals surface area contributed by atoms with Crippen molar-refractivity contribution in [2.75, 3.05) is 13.7 Å². The lowest BCUT2D eigenvalue weighted by molar-refractivity contribution is 0.0202. The van der Waals surface area contributed by atoms with Crippen LogP contribution in [-0.2, 0) is 4.74 Å². The molecule has 3 rings (SSSR count). The van der Waals surface area contributed by atoms with E-state index in [1.165, 1.54) is 16.9 Å². The monoisotopic (exact) mass is 300 g/mol. The Bertz CT molecular complexity index is 553. The Morgan fingerprint density at radius 2 is 1.81 bits per heavy atom. The molecule has 1 aliphatic rings. The normalized spacial score (nSPS) is 22.0. The molecule has 21 heavy (non-hydrogen) atoms. The Morgan fingerprint density at radius 1 is 1.05 bits per heavy atom. The summed E-state index contributed by atoms with van der Waals surface area (Å²) >= 11 is 1.91. The maximum Gasteiger partial charge on any atom is 0.118 e. The molecule has 0 aliphatic carbocycles. The Kier molecular flexibility index (Phi) is 4.84. The largest absolute Gasteiger partial charge is 0.497 e. The molecule has 2 nitrogen and oxygen atoms in total. The summed E-state index contributed by atoms with van der Waals surface area (Å²) in [5.74, 6) is 0.902. The molecular weight excluding hydrogens is 280 g/mol. The Balaban J connectivity index is 1.75. The Morgan fingerprint density at radius 3 is 2.52 bits per heavy atom. The minimum Gasteiger partial charge on any atom is -0.497 e. The van der Waals surface area contributed by atoms with Gasteiger partial charge in [0.15, 0.2) is 0 Å². The maximum atomic E-state index is 6.05. The van der Waals surface area contributed by atoms with E-state index in [1.807, 2.05) is 23.9 Å². The smallest absolute Gasteiger partial charge is 0.118 e. The highest BCUT2D eigenvalue weighted by Gasteiger charge is 2.28. The van der Waals surface area contributed by atoms with Gasteiger partial charge >= 0.3 is 0 Å². The van der Waals surface area contributed by atoms with Crippen LogP contribution in [-0.4, -0.2) is 19.0 Å². The third-order valence-corrected chi connectivity index (χ3v) is 5.07. The molecule has 0 bridgehead atoms. The summed E-state index contributed by atoms with van der Waals surface area (Å²) in [6, 6.07) is 18.8. The second kappa shape index (κ2) is 7.01. The number of hydrogen-bond donors (Lipinski definition) is 0. The van der Waals surface area contributed by atoms with Crippen molar-refractivity contribution in [3.05, 3.63) is 60.2 Å². The van der Waals surface area contributed by atoms with Crippen molar-refractivity contribution < 1.29 is 9.47 Å². The van der Waals surface area contributed by atoms with Crippen LogP contribution in [0.4, 0.5) is 0 Å². The van der Waals surface area contributed by atoms with Crippen molar-refractivity contribution in [1.29, 1.82) is 0 Å². The van der Waals surface area contributed by atoms with E-state index < -0.39 is 0 Å². The van der Waals surface area contributed by atoms with E-state index in [-0.39, 0.29) is 6.10 Å². The lowest BCUT2D eigenvalue weighted by atomic mass is 10.0. The van der Waals surface area contributed by atoms with E-state index >= 15 is 0 Å². The second-order valence-corrected chi connectivity index (χ2v) is 6.49. The average molecular weight is 300 g/mol. The first kappa shape index (κ1) is 14.5. The van der Waals surface area contributed by atoms with E-state index in [4.69, 9.17) is 9.47 Å². The standard InChI is InChI=1S/C18H20O2S/c1-19-15-9-11-16(12-10-15)21-17-8-5-13-20-18(17)14-6-3-2-4-7-14/h2-4,6-7,9-12,17-18H,5,8,13H2,1H3/t17-,18+/m0/s1. The molecule has 1 saturated heterocycles. The van der Waals surface area contributed by atoms with Crippen molar-refractivity contribution in [2.45, 2.75) is 29.1 Å². The van der Waals surface area contributed by atoms with Crippen molar-refractivity contribution in [1.82, 2.24) is 0 Å². The van der Waals surface area contributed by atoms with Crippen LogP contribution >= 0.6 is 11.8 Å². The molecular formula is C18H20O2S. The summed E-state index contributed by atoms with van der Waals surface area (Å²) in [6.07, 6.45) is 2.51. The van der Waals surface area contributed by atoms with Gasteiger partial charge in [0.2, 0.25) is 0 Å². The molecule has 3 heteroatoms. The molecule has 2 aromatic rings. The number of hydrogen-bond acceptors (Lipinski definition) is 3. The van der Waals surface area contributed by atoms with Gasteiger partial charge in [-0.1, -0.05) is 30.3 Å². The predicted octanol–water partition coefficient (Wildman–Crippen LogP) is 4.71. The first-order valence-corrected chi connectivity index (χ1v) is 8.22. The van der Waals surface area contributed by atoms with Gasteiger partial charge in [-0.3, -0.25) is 0 Å². The third kappa shape index (κ3) is 3.60. The van der Waals surface area contributed by atoms with Crippen LogP contribution in [0.25, 0.3) is 0 Å². The zero-order valence-electron chi connectivity index (χ0n) is 12.2. The molecule has 2 atom stereocenters. The fraction of sp³-hybridized carbons (Fsp3) is 0.333. The fourth-order valence-electron chi connectivity index (χ4n) is 2.66. The second-order valence-electron chi connectivity index (χ2n) is 5.18. The third-order valence-electron chi connectivity index (χ3n) is 3.74. The Hall–Kier alpha value is -1.45. The summed E-state index contributed by atoms with van der Waals surface area (Å²) in [5.41, 5.74) is 1.28. The highest BCUT2D eigenvalue weighted by Crippen LogP contribution is 2.40. The van der Waals surface area contributed by atoms with Gasteiger partial charge in [0.25, 0.3) is 0 Å². The molecule has 0 amide bonds. The predicted molar refractivity (Wildman–Crippen MR) is 87.0 cm³/mol. The number of thioether (sulfide) groups is 1. The van der Waals surface area contributed by atoms with Crippen LogP contribution in [0.2, 0.25) is 0 Å². The van der Waals surface area contributed by atoms with Crippen molar-refractivity contribution in [3.8, 4) is 5.75 Å². The number of rotatable bonds is 4. The molecule has 1 fully saturated rings. The molecule has 0 saturated carbocycles. The van der Waals surface area contributed by atoms with Crippen LogP contribution in [0.3, 0.4) is 0 Å². The van der Waals surface area contributed by atoms with Crippen LogP contribution in [0.1, 0.15) is 24.5 Å². The summed E-state index contributed by atoms with van der Waals surface area (Å²) < 4.78 is 11.3. The minimum atomic E-state index is 0.187. The van der Waals surface area contributed by atoms with E-state index in [0.29, 0.717) is 5.25 Å².